The lowest BCUT2D eigenvalue weighted by Crippen LogP contribution is -2.71. The molecule has 4 heterocycles. The highest BCUT2D eigenvalue weighted by molar-refractivity contribution is 5.94. The van der Waals surface area contributed by atoms with Crippen molar-refractivity contribution in [3.05, 3.63) is 35.9 Å². The third kappa shape index (κ3) is 15.1. The first-order valence-electron chi connectivity index (χ1n) is 24.3. The number of carbonyl (C=O) groups excluding carboxylic acids is 3. The first kappa shape index (κ1) is 61.2. The molecule has 422 valence electrons. The van der Waals surface area contributed by atoms with Gasteiger partial charge in [-0.3, -0.25) is 14.4 Å². The number of unbranched alkanes of at least 4 members (excludes halogenated alkanes) is 5. The molecule has 5 rings (SSSR count). The number of hydrogen-bond acceptors (Lipinski definition) is 25. The highest BCUT2D eigenvalue weighted by atomic mass is 16.8. The number of aliphatic hydroxyl groups excluding tert-OH is 12. The minimum absolute atomic E-state index is 0.0399. The number of aliphatic hydroxyl groups is 12. The third-order valence-corrected chi connectivity index (χ3v) is 13.2. The summed E-state index contributed by atoms with van der Waals surface area (Å²) in [5.41, 5.74) is 0.0862. The van der Waals surface area contributed by atoms with Gasteiger partial charge < -0.3 is 120 Å². The van der Waals surface area contributed by atoms with Gasteiger partial charge in [-0.25, -0.2) is 4.79 Å². The Morgan fingerprint density at radius 3 is 1.86 bits per heavy atom. The monoisotopic (exact) mass is 1070 g/mol. The van der Waals surface area contributed by atoms with Crippen molar-refractivity contribution < 1.29 is 128 Å². The van der Waals surface area contributed by atoms with Crippen molar-refractivity contribution in [3.63, 3.8) is 0 Å². The van der Waals surface area contributed by atoms with Gasteiger partial charge in [0.1, 0.15) is 91.5 Å². The second-order valence-electron chi connectivity index (χ2n) is 18.5. The lowest BCUT2D eigenvalue weighted by atomic mass is 9.88. The molecule has 0 bridgehead atoms. The Hall–Kier alpha value is -3.70. The van der Waals surface area contributed by atoms with Crippen LogP contribution in [0.1, 0.15) is 68.6 Å². The first-order chi connectivity index (χ1) is 35.2. The molecule has 0 saturated carbocycles. The zero-order valence-corrected chi connectivity index (χ0v) is 40.7. The van der Waals surface area contributed by atoms with E-state index in [1.54, 1.807) is 18.2 Å². The molecule has 0 radical (unpaired) electrons. The molecule has 15 N–H and O–H groups in total. The fraction of sp³-hybridized carbons (Fsp3) is 0.783. The van der Waals surface area contributed by atoms with Gasteiger partial charge in [0.15, 0.2) is 18.9 Å². The quantitative estimate of drug-likeness (QED) is 0.0303. The first-order valence-corrected chi connectivity index (χ1v) is 24.3. The number of nitrogens with one attached hydrogen (secondary N) is 2. The lowest BCUT2D eigenvalue weighted by molar-refractivity contribution is -0.391. The van der Waals surface area contributed by atoms with Crippen LogP contribution < -0.4 is 10.6 Å². The van der Waals surface area contributed by atoms with Crippen molar-refractivity contribution in [1.82, 2.24) is 10.6 Å². The molecule has 4 aliphatic rings. The maximum absolute atomic E-state index is 14.1. The summed E-state index contributed by atoms with van der Waals surface area (Å²) in [5.74, 6) is -7.11. The molecule has 0 aromatic heterocycles. The van der Waals surface area contributed by atoms with E-state index in [4.69, 9.17) is 37.9 Å². The van der Waals surface area contributed by atoms with Crippen molar-refractivity contribution >= 4 is 23.8 Å². The summed E-state index contributed by atoms with van der Waals surface area (Å²) in [6.45, 7) is -3.05. The van der Waals surface area contributed by atoms with Gasteiger partial charge in [0.25, 0.3) is 11.7 Å². The number of carboxylic acids is 1. The minimum atomic E-state index is -3.17. The van der Waals surface area contributed by atoms with E-state index in [1.807, 2.05) is 0 Å². The summed E-state index contributed by atoms with van der Waals surface area (Å²) in [4.78, 5) is 50.9. The largest absolute Gasteiger partial charge is 0.477 e. The molecule has 4 saturated heterocycles. The van der Waals surface area contributed by atoms with Crippen molar-refractivity contribution in [3.8, 4) is 0 Å². The maximum atomic E-state index is 14.1. The Morgan fingerprint density at radius 2 is 1.27 bits per heavy atom. The van der Waals surface area contributed by atoms with Crippen LogP contribution in [-0.2, 0) is 57.0 Å². The molecule has 0 spiro atoms. The van der Waals surface area contributed by atoms with E-state index in [0.29, 0.717) is 19.3 Å². The minimum Gasteiger partial charge on any atom is -0.477 e. The number of esters is 1. The maximum Gasteiger partial charge on any atom is 0.364 e. The zero-order valence-electron chi connectivity index (χ0n) is 40.7. The number of carboxylic acid groups (broad SMARTS) is 1. The third-order valence-electron chi connectivity index (χ3n) is 13.2. The van der Waals surface area contributed by atoms with Crippen LogP contribution in [0.5, 0.6) is 0 Å². The van der Waals surface area contributed by atoms with E-state index in [1.165, 1.54) is 19.2 Å². The van der Waals surface area contributed by atoms with Gasteiger partial charge >= 0.3 is 11.9 Å². The highest BCUT2D eigenvalue weighted by Crippen LogP contribution is 2.39. The predicted molar refractivity (Wildman–Crippen MR) is 242 cm³/mol. The Kier molecular flexibility index (Phi) is 23.6. The molecule has 2 amide bonds. The summed E-state index contributed by atoms with van der Waals surface area (Å²) in [7, 11) is 1.31. The van der Waals surface area contributed by atoms with Gasteiger partial charge in [0, 0.05) is 31.9 Å². The van der Waals surface area contributed by atoms with Crippen LogP contribution in [0.15, 0.2) is 30.3 Å². The van der Waals surface area contributed by atoms with Crippen LogP contribution in [0.3, 0.4) is 0 Å². The topological polar surface area (TPSA) is 438 Å². The smallest absolute Gasteiger partial charge is 0.364 e. The van der Waals surface area contributed by atoms with Gasteiger partial charge in [-0.05, 0) is 25.0 Å². The van der Waals surface area contributed by atoms with E-state index in [9.17, 15) is 85.6 Å². The van der Waals surface area contributed by atoms with Gasteiger partial charge in [0.05, 0.1) is 45.7 Å². The Labute approximate surface area is 424 Å². The number of hydrogen-bond donors (Lipinski definition) is 15. The van der Waals surface area contributed by atoms with E-state index in [2.05, 4.69) is 15.4 Å². The molecule has 4 aliphatic heterocycles. The normalized spacial score (nSPS) is 37.3. The van der Waals surface area contributed by atoms with Gasteiger partial charge in [0.2, 0.25) is 5.91 Å². The number of methoxy groups -OCH3 is 1. The second kappa shape index (κ2) is 28.6. The Bertz CT molecular complexity index is 1910. The molecular formula is C46H72N2O26. The standard InChI is InChI=1S/C46H72N2O26/c1-21(53)47-29-23(54)16-46(45(64)65,73-38(29)31(57)24(55)17-49)74-40-33(59)26(19-51)69-44(36(40)62)72-39-30(48-41(63)22-12-8-7-9-13-22)42(67-15-11-6-4-3-5-10-14-28(56)66-2)70-27(20-52)37(39)71-43-35(61)34(60)32(58)25(18-50)68-43/h7-9,12-13,23-27,29-40,42-44,49-52,54-55,57-62H,3-6,10-11,14-20H2,1-2H3,(H,47,53)(H,48,63)(H,64,65)/t23?,24?,25?,26?,27?,29-,30?,31?,32-,33+,34?,35?,36?,37-,38?,39?,40?,42-,43?,44?,46+/m1/s1. The average Bonchev–Trinajstić information content (AvgIpc) is 3.39. The van der Waals surface area contributed by atoms with Gasteiger partial charge in [-0.2, -0.15) is 0 Å². The average molecular weight is 1070 g/mol. The zero-order chi connectivity index (χ0) is 54.4. The van der Waals surface area contributed by atoms with Crippen LogP contribution in [0.25, 0.3) is 0 Å². The van der Waals surface area contributed by atoms with Crippen molar-refractivity contribution in [2.24, 2.45) is 0 Å². The van der Waals surface area contributed by atoms with Crippen LogP contribution in [0, 0.1) is 0 Å². The summed E-state index contributed by atoms with van der Waals surface area (Å²) >= 11 is 0. The molecule has 1 aromatic rings. The number of aliphatic carboxylic acids is 1. The number of carbonyl (C=O) groups is 4. The highest BCUT2D eigenvalue weighted by Gasteiger charge is 2.61. The SMILES string of the molecule is COC(=O)CCCCCCCCO[C@@H]1OC(CO)[C@@H](OC2OC(CO)[C@@H](O)C(O)C2O)C(OC2OC(CO)[C@H](O)C(O[C@]3(C(=O)O)CC(O)[C@@H](NC(C)=O)C(C(O)C(O)CO)O3)C2O)C1NC(=O)c1ccccc1. The molecule has 0 aliphatic carbocycles. The molecule has 28 nitrogen and oxygen atoms in total. The predicted octanol–water partition coefficient (Wildman–Crippen LogP) is -6.03. The summed E-state index contributed by atoms with van der Waals surface area (Å²) in [6.07, 6.45) is -32.3. The molecular weight excluding hydrogens is 996 g/mol. The fourth-order valence-corrected chi connectivity index (χ4v) is 9.14. The van der Waals surface area contributed by atoms with Crippen molar-refractivity contribution in [1.29, 1.82) is 0 Å². The van der Waals surface area contributed by atoms with Crippen LogP contribution in [0.2, 0.25) is 0 Å². The summed E-state index contributed by atoms with van der Waals surface area (Å²) in [5, 5.41) is 145. The van der Waals surface area contributed by atoms with Crippen LogP contribution >= 0.6 is 0 Å². The van der Waals surface area contributed by atoms with E-state index in [0.717, 1.165) is 26.2 Å². The molecule has 28 heteroatoms. The second-order valence-corrected chi connectivity index (χ2v) is 18.5. The van der Waals surface area contributed by atoms with E-state index in [-0.39, 0.29) is 24.6 Å². The number of ether oxygens (including phenoxy) is 9. The number of benzene rings is 1. The summed E-state index contributed by atoms with van der Waals surface area (Å²) in [6, 6.07) is 4.40. The molecule has 15 unspecified atom stereocenters. The molecule has 4 fully saturated rings. The Morgan fingerprint density at radius 1 is 0.689 bits per heavy atom. The van der Waals surface area contributed by atoms with Gasteiger partial charge in [-0.15, -0.1) is 0 Å². The Balaban J connectivity index is 1.53. The molecule has 1 aromatic carbocycles. The number of amides is 2. The van der Waals surface area contributed by atoms with Crippen molar-refractivity contribution in [2.75, 3.05) is 40.1 Å². The fourth-order valence-electron chi connectivity index (χ4n) is 9.14. The van der Waals surface area contributed by atoms with Crippen molar-refractivity contribution in [2.45, 2.75) is 187 Å². The van der Waals surface area contributed by atoms with Gasteiger partial charge in [-0.1, -0.05) is 43.9 Å². The van der Waals surface area contributed by atoms with E-state index < -0.39 is 179 Å². The number of rotatable bonds is 26. The van der Waals surface area contributed by atoms with E-state index >= 15 is 0 Å². The molecule has 21 atom stereocenters. The van der Waals surface area contributed by atoms with Crippen LogP contribution in [0.4, 0.5) is 0 Å². The van der Waals surface area contributed by atoms with Crippen LogP contribution in [-0.4, -0.2) is 259 Å². The summed E-state index contributed by atoms with van der Waals surface area (Å²) < 4.78 is 52.7. The lowest BCUT2D eigenvalue weighted by Gasteiger charge is -2.52. The molecule has 74 heavy (non-hydrogen) atoms.